The lowest BCUT2D eigenvalue weighted by Crippen LogP contribution is -2.36. The fourth-order valence-electron chi connectivity index (χ4n) is 2.69. The molecule has 0 radical (unpaired) electrons. The molecule has 9 heteroatoms. The van der Waals surface area contributed by atoms with Crippen LogP contribution in [-0.2, 0) is 11.0 Å². The van der Waals surface area contributed by atoms with Gasteiger partial charge in [0.25, 0.3) is 0 Å². The maximum Gasteiger partial charge on any atom is 0.433 e. The molecule has 0 amide bonds. The highest BCUT2D eigenvalue weighted by atomic mass is 19.4. The number of rotatable bonds is 8. The lowest BCUT2D eigenvalue weighted by atomic mass is 9.88. The number of hydrogen-bond acceptors (Lipinski definition) is 4. The van der Waals surface area contributed by atoms with E-state index in [4.69, 9.17) is 5.11 Å². The summed E-state index contributed by atoms with van der Waals surface area (Å²) in [5.74, 6) is 0.734. The van der Waals surface area contributed by atoms with E-state index >= 15 is 0 Å². The summed E-state index contributed by atoms with van der Waals surface area (Å²) in [6.07, 6.45) is 1.62. The lowest BCUT2D eigenvalue weighted by molar-refractivity contribution is -0.141. The van der Waals surface area contributed by atoms with Crippen LogP contribution in [0.4, 0.5) is 27.6 Å². The zero-order valence-electron chi connectivity index (χ0n) is 20.2. The van der Waals surface area contributed by atoms with E-state index in [2.05, 4.69) is 16.9 Å². The standard InChI is InChI=1S/C12H15F3N2.C7H12F2O2.C5H10/c1-4-5-8(2)16-10-6-7-11(12(13,14)15)17-9(10)3;1-2-6(10)3-7(11,4-8)5-9;1-5-3-2-4-5/h6-7H,4-5H2,1-3H3;11H,2-5H2,1H3;5H,2-4H2,1H3. The second kappa shape index (κ2) is 15.1. The number of alkyl halides is 5. The van der Waals surface area contributed by atoms with Gasteiger partial charge < -0.3 is 5.11 Å². The third kappa shape index (κ3) is 12.8. The molecule has 0 spiro atoms. The number of carbonyl (C=O) groups excluding carboxylic acids is 1. The van der Waals surface area contributed by atoms with Gasteiger partial charge in [0.15, 0.2) is 0 Å². The van der Waals surface area contributed by atoms with Crippen molar-refractivity contribution in [3.63, 3.8) is 0 Å². The first kappa shape index (κ1) is 31.1. The number of ketones is 1. The van der Waals surface area contributed by atoms with Crippen molar-refractivity contribution >= 4 is 17.2 Å². The van der Waals surface area contributed by atoms with Crippen LogP contribution >= 0.6 is 0 Å². The van der Waals surface area contributed by atoms with E-state index in [-0.39, 0.29) is 12.2 Å². The lowest BCUT2D eigenvalue weighted by Gasteiger charge is -2.19. The molecule has 1 aliphatic rings. The highest BCUT2D eigenvalue weighted by Gasteiger charge is 2.32. The van der Waals surface area contributed by atoms with Gasteiger partial charge in [-0.05, 0) is 38.3 Å². The zero-order chi connectivity index (χ0) is 25.7. The van der Waals surface area contributed by atoms with Gasteiger partial charge in [0.05, 0.1) is 11.4 Å². The molecule has 190 valence electrons. The van der Waals surface area contributed by atoms with E-state index in [0.717, 1.165) is 30.5 Å². The third-order valence-corrected chi connectivity index (χ3v) is 5.08. The number of aliphatic hydroxyl groups is 1. The highest BCUT2D eigenvalue weighted by molar-refractivity contribution is 5.84. The Bertz CT molecular complexity index is 743. The molecule has 1 N–H and O–H groups in total. The molecule has 4 nitrogen and oxygen atoms in total. The molecule has 0 bridgehead atoms. The number of carbonyl (C=O) groups is 1. The van der Waals surface area contributed by atoms with E-state index in [9.17, 15) is 26.7 Å². The molecule has 1 heterocycles. The Labute approximate surface area is 193 Å². The van der Waals surface area contributed by atoms with Crippen LogP contribution in [0.15, 0.2) is 17.1 Å². The average molecular weight is 481 g/mol. The SMILES string of the molecule is CC1CCC1.CCC(=O)CC(O)(CF)CF.CCCC(C)=Nc1ccc(C(F)(F)F)nc1C. The number of halogens is 5. The monoisotopic (exact) mass is 480 g/mol. The molecule has 0 unspecified atom stereocenters. The first-order valence-corrected chi connectivity index (χ1v) is 11.3. The Kier molecular flexibility index (Phi) is 14.2. The van der Waals surface area contributed by atoms with Gasteiger partial charge in [-0.15, -0.1) is 0 Å². The molecule has 2 rings (SSSR count). The van der Waals surface area contributed by atoms with Crippen LogP contribution in [0.5, 0.6) is 0 Å². The van der Waals surface area contributed by atoms with E-state index in [1.54, 1.807) is 6.92 Å². The number of Topliss-reactive ketones (excluding diaryl/α,β-unsaturated/α-hetero) is 1. The van der Waals surface area contributed by atoms with Gasteiger partial charge in [0, 0.05) is 18.6 Å². The smallest absolute Gasteiger partial charge is 0.384 e. The number of aryl methyl sites for hydroxylation is 1. The van der Waals surface area contributed by atoms with Crippen molar-refractivity contribution in [2.75, 3.05) is 13.3 Å². The van der Waals surface area contributed by atoms with Crippen molar-refractivity contribution in [2.24, 2.45) is 10.9 Å². The van der Waals surface area contributed by atoms with E-state index in [1.807, 2.05) is 13.8 Å². The highest BCUT2D eigenvalue weighted by Crippen LogP contribution is 2.30. The predicted molar refractivity (Wildman–Crippen MR) is 121 cm³/mol. The summed E-state index contributed by atoms with van der Waals surface area (Å²) < 4.78 is 60.9. The van der Waals surface area contributed by atoms with Crippen molar-refractivity contribution in [3.05, 3.63) is 23.5 Å². The Morgan fingerprint density at radius 1 is 1.18 bits per heavy atom. The van der Waals surface area contributed by atoms with Gasteiger partial charge in [-0.25, -0.2) is 13.8 Å². The van der Waals surface area contributed by atoms with Crippen molar-refractivity contribution in [3.8, 4) is 0 Å². The quantitative estimate of drug-likeness (QED) is 0.318. The second-order valence-corrected chi connectivity index (χ2v) is 8.49. The molecule has 0 aromatic carbocycles. The number of nitrogens with zero attached hydrogens (tertiary/aromatic N) is 2. The first-order valence-electron chi connectivity index (χ1n) is 11.3. The van der Waals surface area contributed by atoms with Crippen LogP contribution in [0.25, 0.3) is 0 Å². The molecule has 0 aliphatic heterocycles. The fourth-order valence-corrected chi connectivity index (χ4v) is 2.69. The molecule has 0 atom stereocenters. The molecule has 1 saturated carbocycles. The average Bonchev–Trinajstić information content (AvgIpc) is 2.73. The summed E-state index contributed by atoms with van der Waals surface area (Å²) in [4.78, 5) is 18.4. The van der Waals surface area contributed by atoms with Crippen LogP contribution in [-0.4, -0.2) is 40.5 Å². The minimum Gasteiger partial charge on any atom is -0.384 e. The number of hydrogen-bond donors (Lipinski definition) is 1. The minimum atomic E-state index is -4.40. The topological polar surface area (TPSA) is 62.5 Å². The summed E-state index contributed by atoms with van der Waals surface area (Å²) in [7, 11) is 0. The minimum absolute atomic E-state index is 0.197. The van der Waals surface area contributed by atoms with Crippen LogP contribution < -0.4 is 0 Å². The normalized spacial score (nSPS) is 14.5. The Hall–Kier alpha value is -1.90. The fraction of sp³-hybridized carbons (Fsp3) is 0.708. The van der Waals surface area contributed by atoms with Gasteiger partial charge in [-0.3, -0.25) is 9.79 Å². The van der Waals surface area contributed by atoms with E-state index in [1.165, 1.54) is 32.3 Å². The van der Waals surface area contributed by atoms with Crippen molar-refractivity contribution in [1.82, 2.24) is 4.98 Å². The van der Waals surface area contributed by atoms with Gasteiger partial charge in [0.1, 0.15) is 30.4 Å². The van der Waals surface area contributed by atoms with Gasteiger partial charge in [-0.2, -0.15) is 13.2 Å². The van der Waals surface area contributed by atoms with Gasteiger partial charge >= 0.3 is 6.18 Å². The molecule has 33 heavy (non-hydrogen) atoms. The molecule has 1 aromatic rings. The Morgan fingerprint density at radius 2 is 1.73 bits per heavy atom. The van der Waals surface area contributed by atoms with E-state index < -0.39 is 37.2 Å². The molecule has 1 aliphatic carbocycles. The van der Waals surface area contributed by atoms with E-state index in [0.29, 0.717) is 11.4 Å². The number of pyridine rings is 1. The Balaban J connectivity index is 0.000000543. The van der Waals surface area contributed by atoms with Gasteiger partial charge in [-0.1, -0.05) is 46.5 Å². The molecule has 1 aromatic heterocycles. The third-order valence-electron chi connectivity index (χ3n) is 5.08. The largest absolute Gasteiger partial charge is 0.433 e. The van der Waals surface area contributed by atoms with Crippen molar-refractivity contribution in [2.45, 2.75) is 91.3 Å². The van der Waals surface area contributed by atoms with Gasteiger partial charge in [0.2, 0.25) is 0 Å². The second-order valence-electron chi connectivity index (χ2n) is 8.49. The summed E-state index contributed by atoms with van der Waals surface area (Å²) in [6.45, 7) is 6.89. The maximum atomic E-state index is 12.4. The summed E-state index contributed by atoms with van der Waals surface area (Å²) in [5.41, 5.74) is -1.24. The van der Waals surface area contributed by atoms with Crippen LogP contribution in [0.2, 0.25) is 0 Å². The van der Waals surface area contributed by atoms with Crippen LogP contribution in [0.3, 0.4) is 0 Å². The number of aliphatic imine (C=N–C) groups is 1. The van der Waals surface area contributed by atoms with Crippen molar-refractivity contribution in [1.29, 1.82) is 0 Å². The molecule has 0 saturated heterocycles. The zero-order valence-corrected chi connectivity index (χ0v) is 20.2. The number of aromatic nitrogens is 1. The van der Waals surface area contributed by atoms with Crippen molar-refractivity contribution < 1.29 is 31.9 Å². The Morgan fingerprint density at radius 3 is 2.06 bits per heavy atom. The molecule has 1 fully saturated rings. The predicted octanol–water partition coefficient (Wildman–Crippen LogP) is 7.13. The first-order chi connectivity index (χ1) is 15.3. The van der Waals surface area contributed by atoms with Crippen LogP contribution in [0.1, 0.15) is 84.0 Å². The summed E-state index contributed by atoms with van der Waals surface area (Å²) >= 11 is 0. The van der Waals surface area contributed by atoms with Crippen LogP contribution in [0, 0.1) is 12.8 Å². The molecular weight excluding hydrogens is 443 g/mol. The maximum absolute atomic E-state index is 12.4. The summed E-state index contributed by atoms with van der Waals surface area (Å²) in [5, 5.41) is 8.96. The summed E-state index contributed by atoms with van der Waals surface area (Å²) in [6, 6.07) is 2.33. The molecular formula is C24H37F5N2O2.